The highest BCUT2D eigenvalue weighted by molar-refractivity contribution is 9.10. The third-order valence-corrected chi connectivity index (χ3v) is 4.50. The van der Waals surface area contributed by atoms with Crippen LogP contribution in [0.5, 0.6) is 0 Å². The lowest BCUT2D eigenvalue weighted by atomic mass is 10.1. The van der Waals surface area contributed by atoms with Crippen molar-refractivity contribution >= 4 is 21.8 Å². The SMILES string of the molecule is O=C(Cc1ccc(F)c(Br)c1)N(Cc1cccc(F)c1)C1CC1. The maximum atomic E-state index is 13.3. The summed E-state index contributed by atoms with van der Waals surface area (Å²) >= 11 is 3.13. The molecular formula is C18H16BrF2NO. The second-order valence-corrected chi connectivity index (χ2v) is 6.66. The number of benzene rings is 2. The fourth-order valence-corrected chi connectivity index (χ4v) is 2.99. The Labute approximate surface area is 142 Å². The lowest BCUT2D eigenvalue weighted by Gasteiger charge is -2.23. The van der Waals surface area contributed by atoms with E-state index in [4.69, 9.17) is 0 Å². The van der Waals surface area contributed by atoms with Crippen molar-refractivity contribution in [2.45, 2.75) is 31.8 Å². The molecule has 0 aliphatic heterocycles. The van der Waals surface area contributed by atoms with Gasteiger partial charge in [0.15, 0.2) is 0 Å². The minimum Gasteiger partial charge on any atom is -0.335 e. The van der Waals surface area contributed by atoms with E-state index in [1.807, 2.05) is 6.07 Å². The number of carbonyl (C=O) groups is 1. The molecule has 2 aromatic rings. The molecule has 0 unspecified atom stereocenters. The van der Waals surface area contributed by atoms with Crippen LogP contribution < -0.4 is 0 Å². The zero-order chi connectivity index (χ0) is 16.4. The Morgan fingerprint density at radius 3 is 2.57 bits per heavy atom. The summed E-state index contributed by atoms with van der Waals surface area (Å²) < 4.78 is 27.0. The molecule has 1 aliphatic carbocycles. The molecule has 0 aromatic heterocycles. The van der Waals surface area contributed by atoms with Crippen LogP contribution >= 0.6 is 15.9 Å². The van der Waals surface area contributed by atoms with Crippen molar-refractivity contribution in [3.8, 4) is 0 Å². The van der Waals surface area contributed by atoms with Crippen LogP contribution in [0, 0.1) is 11.6 Å². The average molecular weight is 380 g/mol. The molecule has 2 aromatic carbocycles. The van der Waals surface area contributed by atoms with Crippen LogP contribution in [0.1, 0.15) is 24.0 Å². The number of carbonyl (C=O) groups excluding carboxylic acids is 1. The van der Waals surface area contributed by atoms with Crippen LogP contribution in [0.25, 0.3) is 0 Å². The van der Waals surface area contributed by atoms with Gasteiger partial charge in [-0.1, -0.05) is 18.2 Å². The largest absolute Gasteiger partial charge is 0.335 e. The van der Waals surface area contributed by atoms with Crippen LogP contribution in [0.3, 0.4) is 0 Å². The second kappa shape index (κ2) is 6.79. The van der Waals surface area contributed by atoms with E-state index in [9.17, 15) is 13.6 Å². The molecule has 0 bridgehead atoms. The zero-order valence-electron chi connectivity index (χ0n) is 12.4. The van der Waals surface area contributed by atoms with Gasteiger partial charge in [-0.2, -0.15) is 0 Å². The molecule has 1 fully saturated rings. The zero-order valence-corrected chi connectivity index (χ0v) is 14.0. The van der Waals surface area contributed by atoms with E-state index < -0.39 is 0 Å². The first-order chi connectivity index (χ1) is 11.0. The molecule has 0 radical (unpaired) electrons. The van der Waals surface area contributed by atoms with Crippen molar-refractivity contribution in [1.29, 1.82) is 0 Å². The Morgan fingerprint density at radius 1 is 1.13 bits per heavy atom. The van der Waals surface area contributed by atoms with Gasteiger partial charge in [-0.05, 0) is 64.2 Å². The van der Waals surface area contributed by atoms with Gasteiger partial charge in [-0.15, -0.1) is 0 Å². The van der Waals surface area contributed by atoms with Gasteiger partial charge in [-0.3, -0.25) is 4.79 Å². The number of halogens is 3. The van der Waals surface area contributed by atoms with Crippen molar-refractivity contribution in [2.24, 2.45) is 0 Å². The Hall–Kier alpha value is -1.75. The van der Waals surface area contributed by atoms with Gasteiger partial charge >= 0.3 is 0 Å². The minimum absolute atomic E-state index is 0.0183. The number of amides is 1. The van der Waals surface area contributed by atoms with Gasteiger partial charge in [0.25, 0.3) is 0 Å². The lowest BCUT2D eigenvalue weighted by molar-refractivity contribution is -0.131. The third-order valence-electron chi connectivity index (χ3n) is 3.89. The number of nitrogens with zero attached hydrogens (tertiary/aromatic N) is 1. The van der Waals surface area contributed by atoms with E-state index in [0.29, 0.717) is 11.0 Å². The topological polar surface area (TPSA) is 20.3 Å². The van der Waals surface area contributed by atoms with Gasteiger partial charge in [0, 0.05) is 12.6 Å². The summed E-state index contributed by atoms with van der Waals surface area (Å²) in [6.45, 7) is 0.406. The summed E-state index contributed by atoms with van der Waals surface area (Å²) in [6.07, 6.45) is 2.17. The predicted octanol–water partition coefficient (Wildman–Crippen LogP) is 4.46. The molecule has 120 valence electrons. The van der Waals surface area contributed by atoms with Gasteiger partial charge in [-0.25, -0.2) is 8.78 Å². The summed E-state index contributed by atoms with van der Waals surface area (Å²) in [5, 5.41) is 0. The summed E-state index contributed by atoms with van der Waals surface area (Å²) in [6, 6.07) is 11.1. The van der Waals surface area contributed by atoms with E-state index in [1.54, 1.807) is 23.1 Å². The highest BCUT2D eigenvalue weighted by atomic mass is 79.9. The van der Waals surface area contributed by atoms with Gasteiger partial charge in [0.2, 0.25) is 5.91 Å². The monoisotopic (exact) mass is 379 g/mol. The van der Waals surface area contributed by atoms with Crippen LogP contribution in [-0.2, 0) is 17.8 Å². The smallest absolute Gasteiger partial charge is 0.227 e. The maximum Gasteiger partial charge on any atom is 0.227 e. The summed E-state index contributed by atoms with van der Waals surface area (Å²) in [4.78, 5) is 14.4. The van der Waals surface area contributed by atoms with Crippen molar-refractivity contribution in [2.75, 3.05) is 0 Å². The molecule has 0 saturated heterocycles. The Morgan fingerprint density at radius 2 is 1.91 bits per heavy atom. The summed E-state index contributed by atoms with van der Waals surface area (Å²) in [5.74, 6) is -0.663. The standard InChI is InChI=1S/C18H16BrF2NO/c19-16-9-12(4-7-17(16)21)10-18(23)22(15-5-6-15)11-13-2-1-3-14(20)8-13/h1-4,7-9,15H,5-6,10-11H2. The minimum atomic E-state index is -0.347. The van der Waals surface area contributed by atoms with E-state index in [2.05, 4.69) is 15.9 Å². The molecule has 1 aliphatic rings. The summed E-state index contributed by atoms with van der Waals surface area (Å²) in [7, 11) is 0. The van der Waals surface area contributed by atoms with E-state index in [-0.39, 0.29) is 30.0 Å². The lowest BCUT2D eigenvalue weighted by Crippen LogP contribution is -2.33. The molecule has 1 saturated carbocycles. The van der Waals surface area contributed by atoms with Crippen LogP contribution in [0.2, 0.25) is 0 Å². The molecule has 0 spiro atoms. The molecule has 0 atom stereocenters. The second-order valence-electron chi connectivity index (χ2n) is 5.81. The quantitative estimate of drug-likeness (QED) is 0.750. The fourth-order valence-electron chi connectivity index (χ4n) is 2.56. The molecule has 23 heavy (non-hydrogen) atoms. The van der Waals surface area contributed by atoms with E-state index in [1.165, 1.54) is 18.2 Å². The van der Waals surface area contributed by atoms with Crippen molar-refractivity contribution in [1.82, 2.24) is 4.90 Å². The first-order valence-electron chi connectivity index (χ1n) is 7.51. The van der Waals surface area contributed by atoms with Gasteiger partial charge in [0.1, 0.15) is 11.6 Å². The molecule has 0 N–H and O–H groups in total. The van der Waals surface area contributed by atoms with Crippen molar-refractivity contribution < 1.29 is 13.6 Å². The molecule has 5 heteroatoms. The fraction of sp³-hybridized carbons (Fsp3) is 0.278. The maximum absolute atomic E-state index is 13.3. The Balaban J connectivity index is 1.72. The third kappa shape index (κ3) is 4.16. The Kier molecular flexibility index (Phi) is 4.76. The van der Waals surface area contributed by atoms with Crippen molar-refractivity contribution in [3.63, 3.8) is 0 Å². The summed E-state index contributed by atoms with van der Waals surface area (Å²) in [5.41, 5.74) is 1.54. The van der Waals surface area contributed by atoms with Crippen molar-refractivity contribution in [3.05, 3.63) is 69.7 Å². The molecular weight excluding hydrogens is 364 g/mol. The highest BCUT2D eigenvalue weighted by Gasteiger charge is 2.32. The molecule has 0 heterocycles. The van der Waals surface area contributed by atoms with Gasteiger partial charge in [0.05, 0.1) is 10.9 Å². The predicted molar refractivity (Wildman–Crippen MR) is 87.8 cm³/mol. The van der Waals surface area contributed by atoms with Crippen LogP contribution in [-0.4, -0.2) is 16.8 Å². The molecule has 2 nitrogen and oxygen atoms in total. The van der Waals surface area contributed by atoms with E-state index in [0.717, 1.165) is 24.0 Å². The number of hydrogen-bond donors (Lipinski definition) is 0. The molecule has 1 amide bonds. The number of hydrogen-bond acceptors (Lipinski definition) is 1. The number of rotatable bonds is 5. The van der Waals surface area contributed by atoms with E-state index >= 15 is 0 Å². The van der Waals surface area contributed by atoms with Crippen LogP contribution in [0.4, 0.5) is 8.78 Å². The first-order valence-corrected chi connectivity index (χ1v) is 8.30. The first kappa shape index (κ1) is 16.1. The Bertz CT molecular complexity index is 731. The normalized spacial score (nSPS) is 13.9. The van der Waals surface area contributed by atoms with Crippen LogP contribution in [0.15, 0.2) is 46.9 Å². The van der Waals surface area contributed by atoms with Gasteiger partial charge < -0.3 is 4.90 Å². The highest BCUT2D eigenvalue weighted by Crippen LogP contribution is 2.29. The average Bonchev–Trinajstić information content (AvgIpc) is 3.33. The molecule has 3 rings (SSSR count).